The maximum atomic E-state index is 12.4. The highest BCUT2D eigenvalue weighted by Gasteiger charge is 2.32. The molecular formula is C31H33IN4O7. The number of nitrogens with one attached hydrogen (secondary N) is 3. The number of aliphatic hydroxyl groups is 1. The van der Waals surface area contributed by atoms with Gasteiger partial charge in [0.05, 0.1) is 31.5 Å². The van der Waals surface area contributed by atoms with Gasteiger partial charge in [-0.3, -0.25) is 5.43 Å². The molecule has 4 N–H and O–H groups in total. The number of nitrogens with zero attached hydrogens (tertiary/aromatic N) is 1. The minimum Gasteiger partial charge on any atom is -0.490 e. The van der Waals surface area contributed by atoms with Crippen LogP contribution in [0.3, 0.4) is 0 Å². The van der Waals surface area contributed by atoms with Gasteiger partial charge in [-0.25, -0.2) is 9.59 Å². The molecule has 2 atom stereocenters. The van der Waals surface area contributed by atoms with Crippen LogP contribution in [0.2, 0.25) is 0 Å². The molecule has 1 aliphatic heterocycles. The molecule has 12 heteroatoms. The predicted octanol–water partition coefficient (Wildman–Crippen LogP) is 4.39. The van der Waals surface area contributed by atoms with Crippen molar-refractivity contribution in [1.82, 2.24) is 16.1 Å². The average Bonchev–Trinajstić information content (AvgIpc) is 3.00. The Bertz CT molecular complexity index is 1480. The Morgan fingerprint density at radius 2 is 1.81 bits per heavy atom. The second-order valence-corrected chi connectivity index (χ2v) is 10.6. The topological polar surface area (TPSA) is 140 Å². The third kappa shape index (κ3) is 8.85. The molecule has 0 saturated heterocycles. The summed E-state index contributed by atoms with van der Waals surface area (Å²) in [4.78, 5) is 24.5. The molecule has 11 nitrogen and oxygen atoms in total. The van der Waals surface area contributed by atoms with Crippen molar-refractivity contribution in [2.75, 3.05) is 20.3 Å². The summed E-state index contributed by atoms with van der Waals surface area (Å²) in [5.41, 5.74) is 5.81. The van der Waals surface area contributed by atoms with E-state index in [1.165, 1.54) is 10.7 Å². The highest BCUT2D eigenvalue weighted by Crippen LogP contribution is 2.35. The zero-order valence-electron chi connectivity index (χ0n) is 23.9. The largest absolute Gasteiger partial charge is 0.490 e. The van der Waals surface area contributed by atoms with Crippen LogP contribution in [-0.4, -0.2) is 49.9 Å². The van der Waals surface area contributed by atoms with Crippen LogP contribution < -0.4 is 30.3 Å². The van der Waals surface area contributed by atoms with Gasteiger partial charge in [0.15, 0.2) is 17.7 Å². The van der Waals surface area contributed by atoms with Crippen molar-refractivity contribution >= 4 is 40.8 Å². The normalized spacial score (nSPS) is 15.4. The highest BCUT2D eigenvalue weighted by molar-refractivity contribution is 14.1. The summed E-state index contributed by atoms with van der Waals surface area (Å²) in [6.45, 7) is 4.15. The second kappa shape index (κ2) is 15.3. The summed E-state index contributed by atoms with van der Waals surface area (Å²) in [7, 11) is 1.28. The Morgan fingerprint density at radius 3 is 2.51 bits per heavy atom. The standard InChI is InChI=1S/C31H33IN4O7/c1-4-41-26-15-22(29-28(30(38)40-3)19(2)34-31(39)35-29)9-14-25(26)43-18-27(37)36-33-16-20-7-12-24(13-8-20)42-17-21-5-10-23(32)11-6-21/h5-16,27,29,36-37H,4,17-18H2,1-3H3,(H2,34,35,39)/b33-16-/t27-,29+/m1/s1. The van der Waals surface area contributed by atoms with Crippen LogP contribution in [0.15, 0.2) is 83.1 Å². The number of esters is 1. The first-order valence-electron chi connectivity index (χ1n) is 13.5. The summed E-state index contributed by atoms with van der Waals surface area (Å²) in [5.74, 6) is 0.931. The third-order valence-electron chi connectivity index (χ3n) is 6.31. The molecule has 0 aromatic heterocycles. The van der Waals surface area contributed by atoms with Gasteiger partial charge in [-0.2, -0.15) is 5.10 Å². The number of halogens is 1. The summed E-state index contributed by atoms with van der Waals surface area (Å²) >= 11 is 2.27. The lowest BCUT2D eigenvalue weighted by Gasteiger charge is -2.28. The Hall–Kier alpha value is -4.30. The smallest absolute Gasteiger partial charge is 0.337 e. The van der Waals surface area contributed by atoms with Crippen LogP contribution in [0.5, 0.6) is 17.2 Å². The molecule has 2 amide bonds. The molecule has 1 heterocycles. The van der Waals surface area contributed by atoms with Crippen molar-refractivity contribution in [1.29, 1.82) is 0 Å². The fraction of sp³-hybridized carbons (Fsp3) is 0.258. The van der Waals surface area contributed by atoms with Crippen molar-refractivity contribution in [3.63, 3.8) is 0 Å². The van der Waals surface area contributed by atoms with E-state index in [1.54, 1.807) is 31.3 Å². The Kier molecular flexibility index (Phi) is 11.2. The van der Waals surface area contributed by atoms with E-state index >= 15 is 0 Å². The summed E-state index contributed by atoms with van der Waals surface area (Å²) in [6.07, 6.45) is 0.469. The maximum absolute atomic E-state index is 12.4. The quantitative estimate of drug-likeness (QED) is 0.0678. The second-order valence-electron chi connectivity index (χ2n) is 9.40. The summed E-state index contributed by atoms with van der Waals surface area (Å²) < 4.78 is 23.4. The van der Waals surface area contributed by atoms with E-state index in [1.807, 2.05) is 55.5 Å². The molecule has 0 radical (unpaired) electrons. The van der Waals surface area contributed by atoms with E-state index in [2.05, 4.69) is 43.8 Å². The number of carbonyl (C=O) groups excluding carboxylic acids is 2. The lowest BCUT2D eigenvalue weighted by molar-refractivity contribution is -0.136. The molecule has 3 aromatic carbocycles. The van der Waals surface area contributed by atoms with Crippen LogP contribution in [0, 0.1) is 3.57 Å². The lowest BCUT2D eigenvalue weighted by atomic mass is 9.95. The minimum atomic E-state index is -1.11. The Balaban J connectivity index is 1.32. The zero-order valence-corrected chi connectivity index (χ0v) is 26.1. The number of hydrogen-bond acceptors (Lipinski definition) is 9. The average molecular weight is 701 g/mol. The SMILES string of the molecule is CCOc1cc([C@@H]2NC(=O)NC(C)=C2C(=O)OC)ccc1OC[C@@H](O)N/N=C\c1ccc(OCc2ccc(I)cc2)cc1. The molecule has 4 rings (SSSR count). The molecule has 0 spiro atoms. The van der Waals surface area contributed by atoms with Crippen molar-refractivity contribution in [3.8, 4) is 17.2 Å². The van der Waals surface area contributed by atoms with Crippen LogP contribution >= 0.6 is 22.6 Å². The minimum absolute atomic E-state index is 0.126. The van der Waals surface area contributed by atoms with Gasteiger partial charge in [-0.15, -0.1) is 0 Å². The van der Waals surface area contributed by atoms with Gasteiger partial charge in [-0.05, 0) is 102 Å². The van der Waals surface area contributed by atoms with Crippen molar-refractivity contribution in [2.45, 2.75) is 32.7 Å². The number of benzene rings is 3. The lowest BCUT2D eigenvalue weighted by Crippen LogP contribution is -2.45. The fourth-order valence-corrected chi connectivity index (χ4v) is 4.58. The van der Waals surface area contributed by atoms with Crippen molar-refractivity contribution in [2.24, 2.45) is 5.10 Å². The van der Waals surface area contributed by atoms with Crippen molar-refractivity contribution in [3.05, 3.63) is 98.3 Å². The zero-order chi connectivity index (χ0) is 30.8. The molecule has 1 aliphatic rings. The molecule has 3 aromatic rings. The van der Waals surface area contributed by atoms with E-state index in [4.69, 9.17) is 18.9 Å². The first-order valence-corrected chi connectivity index (χ1v) is 14.5. The Morgan fingerprint density at radius 1 is 1.07 bits per heavy atom. The summed E-state index contributed by atoms with van der Waals surface area (Å²) in [5, 5.41) is 19.8. The van der Waals surface area contributed by atoms with E-state index in [-0.39, 0.29) is 12.2 Å². The van der Waals surface area contributed by atoms with Crippen LogP contribution in [0.1, 0.15) is 36.6 Å². The van der Waals surface area contributed by atoms with Gasteiger partial charge in [0.25, 0.3) is 0 Å². The molecular weight excluding hydrogens is 667 g/mol. The van der Waals surface area contributed by atoms with Gasteiger partial charge >= 0.3 is 12.0 Å². The number of amides is 2. The molecule has 0 unspecified atom stereocenters. The Labute approximate surface area is 263 Å². The number of hydrogen-bond donors (Lipinski definition) is 4. The van der Waals surface area contributed by atoms with E-state index < -0.39 is 24.3 Å². The van der Waals surface area contributed by atoms with Gasteiger partial charge in [0, 0.05) is 9.27 Å². The summed E-state index contributed by atoms with van der Waals surface area (Å²) in [6, 6.07) is 19.4. The van der Waals surface area contributed by atoms with Gasteiger partial charge in [0.1, 0.15) is 19.0 Å². The molecule has 226 valence electrons. The number of methoxy groups -OCH3 is 1. The molecule has 0 saturated carbocycles. The first kappa shape index (κ1) is 31.6. The number of allylic oxidation sites excluding steroid dienone is 1. The molecule has 0 bridgehead atoms. The predicted molar refractivity (Wildman–Crippen MR) is 169 cm³/mol. The fourth-order valence-electron chi connectivity index (χ4n) is 4.22. The first-order chi connectivity index (χ1) is 20.8. The number of rotatable bonds is 13. The molecule has 43 heavy (non-hydrogen) atoms. The van der Waals surface area contributed by atoms with Crippen LogP contribution in [-0.2, 0) is 16.1 Å². The number of hydrazone groups is 1. The maximum Gasteiger partial charge on any atom is 0.337 e. The number of aliphatic hydroxyl groups excluding tert-OH is 1. The van der Waals surface area contributed by atoms with Crippen molar-refractivity contribution < 1.29 is 33.6 Å². The number of ether oxygens (including phenoxy) is 4. The monoisotopic (exact) mass is 700 g/mol. The van der Waals surface area contributed by atoms with Crippen LogP contribution in [0.25, 0.3) is 0 Å². The van der Waals surface area contributed by atoms with E-state index in [9.17, 15) is 14.7 Å². The number of carbonyl (C=O) groups is 2. The molecule has 0 fully saturated rings. The van der Waals surface area contributed by atoms with Gasteiger partial charge in [0.2, 0.25) is 0 Å². The van der Waals surface area contributed by atoms with Gasteiger partial charge in [-0.1, -0.05) is 18.2 Å². The third-order valence-corrected chi connectivity index (χ3v) is 7.03. The van der Waals surface area contributed by atoms with E-state index in [0.29, 0.717) is 36.0 Å². The van der Waals surface area contributed by atoms with E-state index in [0.717, 1.165) is 16.9 Å². The highest BCUT2D eigenvalue weighted by atomic mass is 127. The van der Waals surface area contributed by atoms with Crippen LogP contribution in [0.4, 0.5) is 4.79 Å². The number of urea groups is 1. The van der Waals surface area contributed by atoms with Gasteiger partial charge < -0.3 is 34.7 Å². The molecule has 0 aliphatic carbocycles.